The minimum atomic E-state index is -0.819. The molecule has 0 aromatic rings. The number of urea groups is 1. The molecular weight excluding hydrogens is 196 g/mol. The first kappa shape index (κ1) is 12.0. The van der Waals surface area contributed by atoms with Crippen molar-refractivity contribution in [3.63, 3.8) is 0 Å². The van der Waals surface area contributed by atoms with Gasteiger partial charge in [0.05, 0.1) is 12.1 Å². The Kier molecular flexibility index (Phi) is 3.04. The summed E-state index contributed by atoms with van der Waals surface area (Å²) in [5, 5.41) is 12.0. The summed E-state index contributed by atoms with van der Waals surface area (Å²) < 4.78 is 0. The number of nitrogens with zero attached hydrogens (tertiary/aromatic N) is 1. The van der Waals surface area contributed by atoms with Crippen LogP contribution in [0.1, 0.15) is 34.1 Å². The van der Waals surface area contributed by atoms with E-state index in [0.29, 0.717) is 6.42 Å². The maximum Gasteiger partial charge on any atom is 0.325 e. The van der Waals surface area contributed by atoms with Crippen LogP contribution in [-0.2, 0) is 4.79 Å². The first-order valence-corrected chi connectivity index (χ1v) is 5.17. The van der Waals surface area contributed by atoms with Gasteiger partial charge in [0.1, 0.15) is 5.54 Å². The number of rotatable bonds is 3. The van der Waals surface area contributed by atoms with Gasteiger partial charge in [0.25, 0.3) is 5.91 Å². The van der Waals surface area contributed by atoms with E-state index >= 15 is 0 Å². The smallest absolute Gasteiger partial charge is 0.325 e. The summed E-state index contributed by atoms with van der Waals surface area (Å²) in [5.74, 6) is -0.261. The molecule has 15 heavy (non-hydrogen) atoms. The lowest BCUT2D eigenvalue weighted by Gasteiger charge is -2.25. The van der Waals surface area contributed by atoms with E-state index in [1.807, 2.05) is 6.92 Å². The van der Waals surface area contributed by atoms with Crippen molar-refractivity contribution < 1.29 is 14.7 Å². The molecule has 1 fully saturated rings. The summed E-state index contributed by atoms with van der Waals surface area (Å²) in [6, 6.07) is -0.913. The standard InChI is InChI=1S/C10H18N2O3/c1-5-10(4)8(14)12(9(15)11-10)6(2)7(3)13/h6-7,13H,5H2,1-4H3,(H,11,15). The van der Waals surface area contributed by atoms with Crippen LogP contribution in [0.4, 0.5) is 4.79 Å². The number of carbonyl (C=O) groups excluding carboxylic acids is 2. The molecule has 0 aromatic carbocycles. The third-order valence-electron chi connectivity index (χ3n) is 3.10. The summed E-state index contributed by atoms with van der Waals surface area (Å²) in [4.78, 5) is 24.6. The lowest BCUT2D eigenvalue weighted by atomic mass is 9.99. The van der Waals surface area contributed by atoms with Gasteiger partial charge in [-0.2, -0.15) is 0 Å². The second-order valence-corrected chi connectivity index (χ2v) is 4.27. The van der Waals surface area contributed by atoms with E-state index in [9.17, 15) is 14.7 Å². The molecule has 1 aliphatic rings. The number of imide groups is 1. The van der Waals surface area contributed by atoms with Gasteiger partial charge >= 0.3 is 6.03 Å². The molecule has 1 rings (SSSR count). The highest BCUT2D eigenvalue weighted by molar-refractivity contribution is 6.07. The normalized spacial score (nSPS) is 30.3. The molecule has 0 spiro atoms. The van der Waals surface area contributed by atoms with Crippen molar-refractivity contribution >= 4 is 11.9 Å². The average Bonchev–Trinajstić information content (AvgIpc) is 2.38. The van der Waals surface area contributed by atoms with Crippen molar-refractivity contribution in [2.45, 2.75) is 51.8 Å². The molecule has 86 valence electrons. The fraction of sp³-hybridized carbons (Fsp3) is 0.800. The quantitative estimate of drug-likeness (QED) is 0.671. The van der Waals surface area contributed by atoms with Gasteiger partial charge in [0, 0.05) is 0 Å². The molecule has 0 aromatic heterocycles. The van der Waals surface area contributed by atoms with Crippen LogP contribution in [-0.4, -0.2) is 39.6 Å². The number of carbonyl (C=O) groups is 2. The lowest BCUT2D eigenvalue weighted by molar-refractivity contribution is -0.133. The average molecular weight is 214 g/mol. The van der Waals surface area contributed by atoms with Crippen LogP contribution in [0.5, 0.6) is 0 Å². The predicted molar refractivity (Wildman–Crippen MR) is 55.2 cm³/mol. The molecule has 0 aliphatic carbocycles. The molecule has 0 saturated carbocycles. The summed E-state index contributed by atoms with van der Waals surface area (Å²) in [6.45, 7) is 6.76. The van der Waals surface area contributed by atoms with Crippen molar-refractivity contribution in [3.8, 4) is 0 Å². The zero-order chi connectivity index (χ0) is 11.8. The predicted octanol–water partition coefficient (Wildman–Crippen LogP) is 0.476. The van der Waals surface area contributed by atoms with Crippen molar-refractivity contribution in [1.82, 2.24) is 10.2 Å². The van der Waals surface area contributed by atoms with Crippen LogP contribution in [0, 0.1) is 0 Å². The Morgan fingerprint density at radius 2 is 2.00 bits per heavy atom. The van der Waals surface area contributed by atoms with Crippen LogP contribution in [0.15, 0.2) is 0 Å². The first-order valence-electron chi connectivity index (χ1n) is 5.17. The van der Waals surface area contributed by atoms with Crippen LogP contribution in [0.2, 0.25) is 0 Å². The molecule has 0 bridgehead atoms. The van der Waals surface area contributed by atoms with E-state index in [2.05, 4.69) is 5.32 Å². The lowest BCUT2D eigenvalue weighted by Crippen LogP contribution is -2.47. The highest BCUT2D eigenvalue weighted by Crippen LogP contribution is 2.23. The molecule has 1 saturated heterocycles. The maximum absolute atomic E-state index is 11.9. The zero-order valence-corrected chi connectivity index (χ0v) is 9.57. The van der Waals surface area contributed by atoms with Gasteiger partial charge in [0.2, 0.25) is 0 Å². The maximum atomic E-state index is 11.9. The second-order valence-electron chi connectivity index (χ2n) is 4.27. The van der Waals surface area contributed by atoms with Gasteiger partial charge in [-0.15, -0.1) is 0 Å². The van der Waals surface area contributed by atoms with E-state index in [-0.39, 0.29) is 5.91 Å². The van der Waals surface area contributed by atoms with Crippen molar-refractivity contribution in [3.05, 3.63) is 0 Å². The molecule has 0 radical (unpaired) electrons. The minimum absolute atomic E-state index is 0.261. The first-order chi connectivity index (χ1) is 6.83. The van der Waals surface area contributed by atoms with Crippen LogP contribution < -0.4 is 5.32 Å². The summed E-state index contributed by atoms with van der Waals surface area (Å²) in [6.07, 6.45) is -0.181. The van der Waals surface area contributed by atoms with Crippen LogP contribution in [0.3, 0.4) is 0 Å². The monoisotopic (exact) mass is 214 g/mol. The Morgan fingerprint density at radius 3 is 2.33 bits per heavy atom. The molecule has 1 aliphatic heterocycles. The third kappa shape index (κ3) is 1.84. The van der Waals surface area contributed by atoms with Gasteiger partial charge < -0.3 is 10.4 Å². The largest absolute Gasteiger partial charge is 0.391 e. The number of aliphatic hydroxyl groups excluding tert-OH is 1. The summed E-state index contributed by atoms with van der Waals surface area (Å²) in [7, 11) is 0. The molecule has 5 nitrogen and oxygen atoms in total. The Labute approximate surface area is 89.4 Å². The van der Waals surface area contributed by atoms with E-state index < -0.39 is 23.7 Å². The Morgan fingerprint density at radius 1 is 1.47 bits per heavy atom. The van der Waals surface area contributed by atoms with Crippen LogP contribution in [0.25, 0.3) is 0 Å². The number of hydrogen-bond donors (Lipinski definition) is 2. The number of nitrogens with one attached hydrogen (secondary N) is 1. The van der Waals surface area contributed by atoms with Crippen LogP contribution >= 0.6 is 0 Å². The van der Waals surface area contributed by atoms with Crippen molar-refractivity contribution in [1.29, 1.82) is 0 Å². The Bertz CT molecular complexity index is 290. The molecule has 3 amide bonds. The van der Waals surface area contributed by atoms with Gasteiger partial charge in [-0.3, -0.25) is 9.69 Å². The number of amides is 3. The van der Waals surface area contributed by atoms with Crippen molar-refractivity contribution in [2.24, 2.45) is 0 Å². The highest BCUT2D eigenvalue weighted by Gasteiger charge is 2.48. The molecule has 5 heteroatoms. The molecular formula is C10H18N2O3. The second kappa shape index (κ2) is 3.81. The highest BCUT2D eigenvalue weighted by atomic mass is 16.3. The molecule has 1 heterocycles. The Hall–Kier alpha value is -1.10. The molecule has 2 N–H and O–H groups in total. The zero-order valence-electron chi connectivity index (χ0n) is 9.57. The van der Waals surface area contributed by atoms with E-state index in [1.54, 1.807) is 20.8 Å². The SMILES string of the molecule is CCC1(C)NC(=O)N(C(C)C(C)O)C1=O. The molecule has 3 unspecified atom stereocenters. The van der Waals surface area contributed by atoms with Gasteiger partial charge in [-0.05, 0) is 27.2 Å². The third-order valence-corrected chi connectivity index (χ3v) is 3.10. The Balaban J connectivity index is 2.94. The topological polar surface area (TPSA) is 69.6 Å². The van der Waals surface area contributed by atoms with E-state index in [1.165, 1.54) is 0 Å². The van der Waals surface area contributed by atoms with Gasteiger partial charge in [-0.1, -0.05) is 6.92 Å². The number of hydrogen-bond acceptors (Lipinski definition) is 3. The molecule has 3 atom stereocenters. The summed E-state index contributed by atoms with van der Waals surface area (Å²) >= 11 is 0. The minimum Gasteiger partial charge on any atom is -0.391 e. The fourth-order valence-electron chi connectivity index (χ4n) is 1.53. The number of aliphatic hydroxyl groups is 1. The van der Waals surface area contributed by atoms with Crippen molar-refractivity contribution in [2.75, 3.05) is 0 Å². The van der Waals surface area contributed by atoms with Gasteiger partial charge in [-0.25, -0.2) is 4.79 Å². The fourth-order valence-corrected chi connectivity index (χ4v) is 1.53. The van der Waals surface area contributed by atoms with E-state index in [4.69, 9.17) is 0 Å². The van der Waals surface area contributed by atoms with E-state index in [0.717, 1.165) is 4.90 Å². The van der Waals surface area contributed by atoms with Gasteiger partial charge in [0.15, 0.2) is 0 Å². The summed E-state index contributed by atoms with van der Waals surface area (Å²) in [5.41, 5.74) is -0.819.